The molecule has 0 N–H and O–H groups in total. The van der Waals surface area contributed by atoms with Gasteiger partial charge in [0.05, 0.1) is 0 Å². The maximum atomic E-state index is 2.27. The van der Waals surface area contributed by atoms with Crippen LogP contribution >= 0.6 is 0 Å². The molecule has 0 aliphatic carbocycles. The summed E-state index contributed by atoms with van der Waals surface area (Å²) in [5.41, 5.74) is 4.23. The highest BCUT2D eigenvalue weighted by molar-refractivity contribution is 5.33. The standard InChI is InChI=1S/C17H20.2C2H6/c1-3-7-15-10-12-17(13-11-15)14(2)16-8-5-4-6-9-16;2*1-2/h4-6,8-14H,3,7H2,1-2H3;2*1-2H3. The number of hydrogen-bond donors (Lipinski definition) is 0. The first kappa shape index (κ1) is 19.4. The first-order chi connectivity index (χ1) is 10.3. The van der Waals surface area contributed by atoms with E-state index in [1.807, 2.05) is 27.7 Å². The first-order valence-electron chi connectivity index (χ1n) is 8.45. The smallest absolute Gasteiger partial charge is 0.00610 e. The summed E-state index contributed by atoms with van der Waals surface area (Å²) in [4.78, 5) is 0. The maximum Gasteiger partial charge on any atom is 0.00610 e. The van der Waals surface area contributed by atoms with Crippen LogP contribution in [0.4, 0.5) is 0 Å². The van der Waals surface area contributed by atoms with Crippen LogP contribution in [0.3, 0.4) is 0 Å². The van der Waals surface area contributed by atoms with E-state index in [4.69, 9.17) is 0 Å². The highest BCUT2D eigenvalue weighted by Crippen LogP contribution is 2.24. The number of hydrogen-bond acceptors (Lipinski definition) is 0. The Balaban J connectivity index is 0.000000921. The quantitative estimate of drug-likeness (QED) is 0.576. The summed E-state index contributed by atoms with van der Waals surface area (Å²) in [7, 11) is 0. The average Bonchev–Trinajstić information content (AvgIpc) is 2.60. The summed E-state index contributed by atoms with van der Waals surface area (Å²) < 4.78 is 0. The molecule has 0 aromatic heterocycles. The van der Waals surface area contributed by atoms with Crippen molar-refractivity contribution in [1.82, 2.24) is 0 Å². The fourth-order valence-electron chi connectivity index (χ4n) is 2.20. The van der Waals surface area contributed by atoms with Crippen LogP contribution < -0.4 is 0 Å². The SMILES string of the molecule is CC.CC.CCCc1ccc(C(C)c2ccccc2)cc1. The zero-order chi connectivity index (χ0) is 16.1. The number of benzene rings is 2. The van der Waals surface area contributed by atoms with E-state index in [-0.39, 0.29) is 0 Å². The molecule has 0 amide bonds. The van der Waals surface area contributed by atoms with Gasteiger partial charge in [-0.2, -0.15) is 0 Å². The minimum atomic E-state index is 0.479. The molecule has 0 nitrogen and oxygen atoms in total. The molecule has 1 atom stereocenters. The lowest BCUT2D eigenvalue weighted by atomic mass is 9.92. The van der Waals surface area contributed by atoms with Crippen molar-refractivity contribution in [2.45, 2.75) is 60.3 Å². The van der Waals surface area contributed by atoms with Crippen molar-refractivity contribution in [2.24, 2.45) is 0 Å². The van der Waals surface area contributed by atoms with Crippen molar-refractivity contribution < 1.29 is 0 Å². The van der Waals surface area contributed by atoms with Crippen molar-refractivity contribution in [1.29, 1.82) is 0 Å². The normalized spacial score (nSPS) is 10.6. The van der Waals surface area contributed by atoms with Gasteiger partial charge in [0.2, 0.25) is 0 Å². The summed E-state index contributed by atoms with van der Waals surface area (Å²) >= 11 is 0. The summed E-state index contributed by atoms with van der Waals surface area (Å²) in [5, 5.41) is 0. The van der Waals surface area contributed by atoms with Gasteiger partial charge >= 0.3 is 0 Å². The minimum Gasteiger partial charge on any atom is -0.0683 e. The van der Waals surface area contributed by atoms with Gasteiger partial charge < -0.3 is 0 Å². The lowest BCUT2D eigenvalue weighted by Gasteiger charge is -2.12. The topological polar surface area (TPSA) is 0 Å². The Hall–Kier alpha value is -1.56. The minimum absolute atomic E-state index is 0.479. The molecule has 116 valence electrons. The molecule has 0 saturated heterocycles. The second-order valence-corrected chi connectivity index (χ2v) is 4.62. The van der Waals surface area contributed by atoms with Gasteiger partial charge in [-0.15, -0.1) is 0 Å². The molecule has 2 aromatic carbocycles. The Morgan fingerprint density at radius 2 is 1.19 bits per heavy atom. The fraction of sp³-hybridized carbons (Fsp3) is 0.429. The van der Waals surface area contributed by atoms with Gasteiger partial charge in [0, 0.05) is 5.92 Å². The molecule has 0 heterocycles. The predicted molar refractivity (Wildman–Crippen MR) is 97.1 cm³/mol. The van der Waals surface area contributed by atoms with E-state index in [1.165, 1.54) is 29.5 Å². The molecule has 0 saturated carbocycles. The molecule has 0 bridgehead atoms. The second kappa shape index (κ2) is 12.2. The van der Waals surface area contributed by atoms with E-state index in [1.54, 1.807) is 0 Å². The van der Waals surface area contributed by atoms with Crippen LogP contribution in [0.25, 0.3) is 0 Å². The molecule has 0 spiro atoms. The Kier molecular flexibility index (Phi) is 11.3. The molecule has 0 fully saturated rings. The number of rotatable bonds is 4. The zero-order valence-corrected chi connectivity index (χ0v) is 14.7. The zero-order valence-electron chi connectivity index (χ0n) is 14.7. The van der Waals surface area contributed by atoms with Gasteiger partial charge in [-0.3, -0.25) is 0 Å². The molecule has 21 heavy (non-hydrogen) atoms. The Morgan fingerprint density at radius 1 is 0.714 bits per heavy atom. The third kappa shape index (κ3) is 6.62. The predicted octanol–water partition coefficient (Wildman–Crippen LogP) is 6.84. The lowest BCUT2D eigenvalue weighted by Crippen LogP contribution is -1.96. The van der Waals surface area contributed by atoms with Crippen molar-refractivity contribution in [3.63, 3.8) is 0 Å². The molecule has 0 aliphatic rings. The van der Waals surface area contributed by atoms with Crippen LogP contribution in [0, 0.1) is 0 Å². The van der Waals surface area contributed by atoms with Gasteiger partial charge in [0.1, 0.15) is 0 Å². The largest absolute Gasteiger partial charge is 0.0683 e. The van der Waals surface area contributed by atoms with Crippen molar-refractivity contribution in [3.8, 4) is 0 Å². The van der Waals surface area contributed by atoms with E-state index in [0.717, 1.165) is 0 Å². The van der Waals surface area contributed by atoms with Gasteiger partial charge in [-0.05, 0) is 23.1 Å². The molecule has 1 unspecified atom stereocenters. The fourth-order valence-corrected chi connectivity index (χ4v) is 2.20. The van der Waals surface area contributed by atoms with E-state index in [2.05, 4.69) is 68.4 Å². The average molecular weight is 284 g/mol. The molecule has 0 aliphatic heterocycles. The first-order valence-corrected chi connectivity index (χ1v) is 8.45. The molecule has 2 aromatic rings. The molecular formula is C21H32. The second-order valence-electron chi connectivity index (χ2n) is 4.62. The summed E-state index contributed by atoms with van der Waals surface area (Å²) in [6.45, 7) is 12.5. The Labute approximate surface area is 132 Å². The van der Waals surface area contributed by atoms with Crippen LogP contribution in [0.1, 0.15) is 70.6 Å². The van der Waals surface area contributed by atoms with Crippen LogP contribution in [-0.4, -0.2) is 0 Å². The van der Waals surface area contributed by atoms with Gasteiger partial charge in [0.25, 0.3) is 0 Å². The van der Waals surface area contributed by atoms with E-state index >= 15 is 0 Å². The van der Waals surface area contributed by atoms with E-state index in [0.29, 0.717) is 5.92 Å². The van der Waals surface area contributed by atoms with Crippen molar-refractivity contribution >= 4 is 0 Å². The van der Waals surface area contributed by atoms with Crippen LogP contribution in [0.15, 0.2) is 54.6 Å². The molecule has 0 radical (unpaired) electrons. The monoisotopic (exact) mass is 284 g/mol. The number of aryl methyl sites for hydroxylation is 1. The Bertz CT molecular complexity index is 439. The molecule has 0 heteroatoms. The van der Waals surface area contributed by atoms with Crippen LogP contribution in [0.2, 0.25) is 0 Å². The third-order valence-electron chi connectivity index (χ3n) is 3.32. The molecule has 2 rings (SSSR count). The molecular weight excluding hydrogens is 252 g/mol. The highest BCUT2D eigenvalue weighted by Gasteiger charge is 2.07. The van der Waals surface area contributed by atoms with Gasteiger partial charge in [-0.1, -0.05) is 103 Å². The maximum absolute atomic E-state index is 2.27. The summed E-state index contributed by atoms with van der Waals surface area (Å²) in [6.07, 6.45) is 2.40. The van der Waals surface area contributed by atoms with Gasteiger partial charge in [0.15, 0.2) is 0 Å². The van der Waals surface area contributed by atoms with Crippen LogP contribution in [-0.2, 0) is 6.42 Å². The highest BCUT2D eigenvalue weighted by atomic mass is 14.1. The third-order valence-corrected chi connectivity index (χ3v) is 3.32. The van der Waals surface area contributed by atoms with Crippen molar-refractivity contribution in [2.75, 3.05) is 0 Å². The van der Waals surface area contributed by atoms with Crippen LogP contribution in [0.5, 0.6) is 0 Å². The lowest BCUT2D eigenvalue weighted by molar-refractivity contribution is 0.901. The Morgan fingerprint density at radius 3 is 1.67 bits per heavy atom. The van der Waals surface area contributed by atoms with E-state index in [9.17, 15) is 0 Å². The van der Waals surface area contributed by atoms with E-state index < -0.39 is 0 Å². The van der Waals surface area contributed by atoms with Crippen molar-refractivity contribution in [3.05, 3.63) is 71.3 Å². The summed E-state index contributed by atoms with van der Waals surface area (Å²) in [5.74, 6) is 0.479. The van der Waals surface area contributed by atoms with Gasteiger partial charge in [-0.25, -0.2) is 0 Å². The summed E-state index contributed by atoms with van der Waals surface area (Å²) in [6, 6.07) is 19.7.